The third-order valence-electron chi connectivity index (χ3n) is 2.95. The third-order valence-corrected chi connectivity index (χ3v) is 6.22. The van der Waals surface area contributed by atoms with E-state index in [4.69, 9.17) is 0 Å². The third kappa shape index (κ3) is 2.76. The normalized spacial score (nSPS) is 19.5. The van der Waals surface area contributed by atoms with E-state index in [1.54, 1.807) is 0 Å². The predicted octanol–water partition coefficient (Wildman–Crippen LogP) is 2.90. The zero-order valence-corrected chi connectivity index (χ0v) is 11.8. The van der Waals surface area contributed by atoms with Gasteiger partial charge in [-0.15, -0.1) is 0 Å². The molecule has 0 spiro atoms. The van der Waals surface area contributed by atoms with Crippen LogP contribution in [0.4, 0.5) is 5.69 Å². The summed E-state index contributed by atoms with van der Waals surface area (Å²) in [6, 6.07) is 8.99. The molecule has 1 nitrogen and oxygen atoms in total. The number of hydrogen-bond donors (Lipinski definition) is 0. The molecule has 1 aromatic carbocycles. The Morgan fingerprint density at radius 3 is 2.19 bits per heavy atom. The first kappa shape index (κ1) is 12.8. The molecule has 1 fully saturated rings. The molecule has 0 amide bonds. The van der Waals surface area contributed by atoms with E-state index in [9.17, 15) is 0 Å². The van der Waals surface area contributed by atoms with E-state index in [1.165, 1.54) is 29.2 Å². The van der Waals surface area contributed by atoms with Gasteiger partial charge in [-0.2, -0.15) is 0 Å². The van der Waals surface area contributed by atoms with Crippen molar-refractivity contribution in [2.45, 2.75) is 9.17 Å². The Morgan fingerprint density at radius 1 is 1.12 bits per heavy atom. The maximum absolute atomic E-state index is 2.35. The maximum atomic E-state index is 2.35. The van der Waals surface area contributed by atoms with Gasteiger partial charge in [-0.1, -0.05) is 0 Å². The van der Waals surface area contributed by atoms with Crippen LogP contribution >= 0.6 is 23.5 Å². The molecule has 4 heteroatoms. The van der Waals surface area contributed by atoms with E-state index in [2.05, 4.69) is 84.5 Å². The van der Waals surface area contributed by atoms with Crippen molar-refractivity contribution in [2.24, 2.45) is 0 Å². The average molecular weight is 245 g/mol. The zero-order valence-electron chi connectivity index (χ0n) is 10.2. The molecule has 1 aliphatic rings. The van der Waals surface area contributed by atoms with Gasteiger partial charge in [-0.25, -0.2) is 0 Å². The van der Waals surface area contributed by atoms with E-state index >= 15 is 0 Å². The van der Waals surface area contributed by atoms with Crippen LogP contribution in [-0.2, 0) is 2.75 Å². The molecule has 1 aromatic rings. The summed E-state index contributed by atoms with van der Waals surface area (Å²) in [5, 5.41) is 0. The Kier molecular flexibility index (Phi) is 4.24. The summed E-state index contributed by atoms with van der Waals surface area (Å²) in [7, 11) is 4.17. The van der Waals surface area contributed by atoms with Gasteiger partial charge >= 0.3 is 116 Å². The molecule has 2 rings (SSSR count). The van der Waals surface area contributed by atoms with E-state index in [0.29, 0.717) is 0 Å². The standard InChI is InChI=1S/C12H16NS2.Li/c1-13(2)11-6-4-10(5-7-11)12-14-8-3-9-15-12;/h4-7H,3,8-9H2,1-2H3;. The monoisotopic (exact) mass is 245 g/mol. The van der Waals surface area contributed by atoms with E-state index in [-0.39, 0.29) is 2.75 Å². The van der Waals surface area contributed by atoms with Crippen LogP contribution in [0, 0.1) is 0 Å². The number of hydrogen-bond acceptors (Lipinski definition) is 3. The Hall–Kier alpha value is 0.317. The molecule has 0 aromatic heterocycles. The second-order valence-corrected chi connectivity index (χ2v) is 7.72. The van der Waals surface area contributed by atoms with E-state index in [1.807, 2.05) is 0 Å². The van der Waals surface area contributed by atoms with Crippen LogP contribution in [0.3, 0.4) is 0 Å². The first-order chi connectivity index (χ1) is 7.62. The molecule has 0 radical (unpaired) electrons. The van der Waals surface area contributed by atoms with Gasteiger partial charge in [0.25, 0.3) is 0 Å². The second-order valence-electron chi connectivity index (χ2n) is 4.44. The number of benzene rings is 1. The minimum absolute atomic E-state index is 0.267. The number of anilines is 1. The molecule has 0 bridgehead atoms. The van der Waals surface area contributed by atoms with Gasteiger partial charge in [-0.3, -0.25) is 0 Å². The first-order valence-electron chi connectivity index (χ1n) is 5.67. The number of rotatable bonds is 2. The Morgan fingerprint density at radius 2 is 1.69 bits per heavy atom. The molecule has 82 valence electrons. The molecular weight excluding hydrogens is 229 g/mol. The van der Waals surface area contributed by atoms with Crippen LogP contribution in [0.1, 0.15) is 12.0 Å². The van der Waals surface area contributed by atoms with Crippen LogP contribution in [0.15, 0.2) is 24.3 Å². The summed E-state index contributed by atoms with van der Waals surface area (Å²) in [5.74, 6) is 2.58. The summed E-state index contributed by atoms with van der Waals surface area (Å²) in [4.78, 5) is 2.15. The Labute approximate surface area is 116 Å². The van der Waals surface area contributed by atoms with Crippen molar-refractivity contribution < 1.29 is 0 Å². The van der Waals surface area contributed by atoms with Crippen LogP contribution in [-0.4, -0.2) is 43.3 Å². The summed E-state index contributed by atoms with van der Waals surface area (Å²) in [5.41, 5.74) is 2.73. The Balaban J connectivity index is 2.20. The molecule has 16 heavy (non-hydrogen) atoms. The fourth-order valence-corrected chi connectivity index (χ4v) is 4.84. The topological polar surface area (TPSA) is 3.24 Å². The van der Waals surface area contributed by atoms with Crippen molar-refractivity contribution in [1.82, 2.24) is 0 Å². The van der Waals surface area contributed by atoms with E-state index < -0.39 is 0 Å². The van der Waals surface area contributed by atoms with Gasteiger partial charge in [0.05, 0.1) is 0 Å². The predicted molar refractivity (Wildman–Crippen MR) is 77.7 cm³/mol. The fraction of sp³-hybridized carbons (Fsp3) is 0.500. The van der Waals surface area contributed by atoms with Crippen LogP contribution in [0.2, 0.25) is 0 Å². The van der Waals surface area contributed by atoms with Gasteiger partial charge in [0, 0.05) is 0 Å². The van der Waals surface area contributed by atoms with Crippen molar-refractivity contribution in [2.75, 3.05) is 30.5 Å². The van der Waals surface area contributed by atoms with E-state index in [0.717, 1.165) is 0 Å². The van der Waals surface area contributed by atoms with Gasteiger partial charge in [-0.05, 0) is 0 Å². The molecule has 0 N–H and O–H groups in total. The van der Waals surface area contributed by atoms with Gasteiger partial charge < -0.3 is 0 Å². The zero-order chi connectivity index (χ0) is 11.6. The molecular formula is C12H16LiNS2. The van der Waals surface area contributed by atoms with Gasteiger partial charge in [0.1, 0.15) is 0 Å². The SMILES string of the molecule is [Li][C]1(c2ccc(N(C)C)cc2)SCCCS1. The first-order valence-corrected chi connectivity index (χ1v) is 7.65. The summed E-state index contributed by atoms with van der Waals surface area (Å²) in [6.07, 6.45) is 1.35. The molecule has 1 aliphatic heterocycles. The van der Waals surface area contributed by atoms with Gasteiger partial charge in [0.2, 0.25) is 0 Å². The molecule has 1 saturated heterocycles. The quantitative estimate of drug-likeness (QED) is 0.738. The summed E-state index contributed by atoms with van der Waals surface area (Å²) in [6.45, 7) is 0. The average Bonchev–Trinajstić information content (AvgIpc) is 2.30. The molecule has 0 saturated carbocycles. The minimum atomic E-state index is 0.267. The summed E-state index contributed by atoms with van der Waals surface area (Å²) < 4.78 is 0.267. The molecule has 0 unspecified atom stereocenters. The van der Waals surface area contributed by atoms with Crippen LogP contribution in [0.25, 0.3) is 0 Å². The van der Waals surface area contributed by atoms with Crippen molar-refractivity contribution in [3.8, 4) is 0 Å². The van der Waals surface area contributed by atoms with Crippen molar-refractivity contribution in [3.05, 3.63) is 29.8 Å². The van der Waals surface area contributed by atoms with Crippen molar-refractivity contribution in [3.63, 3.8) is 0 Å². The van der Waals surface area contributed by atoms with Crippen molar-refractivity contribution in [1.29, 1.82) is 0 Å². The van der Waals surface area contributed by atoms with Gasteiger partial charge in [0.15, 0.2) is 0 Å². The number of thioether (sulfide) groups is 2. The second kappa shape index (κ2) is 5.31. The number of nitrogens with zero attached hydrogens (tertiary/aromatic N) is 1. The van der Waals surface area contributed by atoms with Crippen LogP contribution < -0.4 is 4.90 Å². The summed E-state index contributed by atoms with van der Waals surface area (Å²) >= 11 is 6.52. The molecule has 0 atom stereocenters. The van der Waals surface area contributed by atoms with Crippen LogP contribution in [0.5, 0.6) is 0 Å². The molecule has 0 aliphatic carbocycles. The molecule has 1 heterocycles. The van der Waals surface area contributed by atoms with Crippen molar-refractivity contribution >= 4 is 46.9 Å². The Bertz CT molecular complexity index is 345. The fourth-order valence-electron chi connectivity index (χ4n) is 1.86.